The van der Waals surface area contributed by atoms with E-state index in [0.29, 0.717) is 0 Å². The molecular weight excluding hydrogens is 224 g/mol. The molecule has 0 aliphatic carbocycles. The van der Waals surface area contributed by atoms with Gasteiger partial charge in [-0.05, 0) is 43.8 Å². The van der Waals surface area contributed by atoms with Crippen LogP contribution in [0.25, 0.3) is 0 Å². The molecule has 1 saturated heterocycles. The molecule has 0 saturated carbocycles. The lowest BCUT2D eigenvalue weighted by molar-refractivity contribution is 0.122. The van der Waals surface area contributed by atoms with E-state index in [4.69, 9.17) is 4.74 Å². The number of anilines is 2. The molecular formula is C15H22N2O. The highest BCUT2D eigenvalue weighted by Crippen LogP contribution is 2.19. The van der Waals surface area contributed by atoms with Gasteiger partial charge < -0.3 is 15.0 Å². The molecule has 18 heavy (non-hydrogen) atoms. The number of hydrogen-bond donors (Lipinski definition) is 1. The predicted octanol–water partition coefficient (Wildman–Crippen LogP) is 3.25. The number of benzene rings is 1. The first kappa shape index (κ1) is 13.0. The number of allylic oxidation sites excluding steroid dienone is 1. The van der Waals surface area contributed by atoms with E-state index in [0.717, 1.165) is 38.4 Å². The van der Waals surface area contributed by atoms with Gasteiger partial charge in [-0.3, -0.25) is 0 Å². The fourth-order valence-electron chi connectivity index (χ4n) is 1.90. The second-order valence-corrected chi connectivity index (χ2v) is 4.63. The lowest BCUT2D eigenvalue weighted by Gasteiger charge is -2.28. The Morgan fingerprint density at radius 3 is 2.56 bits per heavy atom. The van der Waals surface area contributed by atoms with Crippen LogP contribution in [0.1, 0.15) is 20.3 Å². The van der Waals surface area contributed by atoms with Gasteiger partial charge in [0, 0.05) is 24.5 Å². The molecule has 98 valence electrons. The van der Waals surface area contributed by atoms with Crippen molar-refractivity contribution >= 4 is 11.4 Å². The first-order valence-electron chi connectivity index (χ1n) is 6.64. The highest BCUT2D eigenvalue weighted by atomic mass is 16.5. The number of nitrogens with zero attached hydrogens (tertiary/aromatic N) is 1. The molecule has 1 fully saturated rings. The summed E-state index contributed by atoms with van der Waals surface area (Å²) in [4.78, 5) is 2.36. The van der Waals surface area contributed by atoms with Crippen LogP contribution < -0.4 is 10.2 Å². The fraction of sp³-hybridized carbons (Fsp3) is 0.467. The molecule has 1 aromatic carbocycles. The maximum atomic E-state index is 5.36. The Morgan fingerprint density at radius 2 is 1.94 bits per heavy atom. The van der Waals surface area contributed by atoms with Gasteiger partial charge in [0.1, 0.15) is 0 Å². The topological polar surface area (TPSA) is 24.5 Å². The van der Waals surface area contributed by atoms with Gasteiger partial charge in [-0.2, -0.15) is 0 Å². The van der Waals surface area contributed by atoms with Crippen molar-refractivity contribution in [2.45, 2.75) is 20.3 Å². The van der Waals surface area contributed by atoms with E-state index in [1.807, 2.05) is 0 Å². The van der Waals surface area contributed by atoms with Crippen molar-refractivity contribution in [2.75, 3.05) is 36.5 Å². The Bertz CT molecular complexity index is 391. The zero-order chi connectivity index (χ0) is 12.8. The third-order valence-electron chi connectivity index (χ3n) is 3.29. The molecule has 0 radical (unpaired) electrons. The summed E-state index contributed by atoms with van der Waals surface area (Å²) in [6, 6.07) is 8.60. The van der Waals surface area contributed by atoms with Crippen molar-refractivity contribution in [3.8, 4) is 0 Å². The van der Waals surface area contributed by atoms with Crippen LogP contribution in [-0.2, 0) is 4.74 Å². The summed E-state index contributed by atoms with van der Waals surface area (Å²) in [5, 5.41) is 3.32. The molecule has 0 amide bonds. The third kappa shape index (κ3) is 3.50. The monoisotopic (exact) mass is 246 g/mol. The van der Waals surface area contributed by atoms with Crippen LogP contribution in [0.4, 0.5) is 11.4 Å². The molecule has 0 bridgehead atoms. The van der Waals surface area contributed by atoms with E-state index in [1.54, 1.807) is 0 Å². The van der Waals surface area contributed by atoms with Crippen LogP contribution in [0.5, 0.6) is 0 Å². The molecule has 2 rings (SSSR count). The average Bonchev–Trinajstić information content (AvgIpc) is 2.46. The summed E-state index contributed by atoms with van der Waals surface area (Å²) < 4.78 is 5.36. The first-order valence-corrected chi connectivity index (χ1v) is 6.64. The van der Waals surface area contributed by atoms with Crippen LogP contribution >= 0.6 is 0 Å². The van der Waals surface area contributed by atoms with Gasteiger partial charge in [-0.25, -0.2) is 0 Å². The summed E-state index contributed by atoms with van der Waals surface area (Å²) >= 11 is 0. The number of hydrogen-bond acceptors (Lipinski definition) is 3. The van der Waals surface area contributed by atoms with Gasteiger partial charge in [-0.15, -0.1) is 0 Å². The Hall–Kier alpha value is -1.48. The third-order valence-corrected chi connectivity index (χ3v) is 3.29. The van der Waals surface area contributed by atoms with E-state index in [-0.39, 0.29) is 0 Å². The van der Waals surface area contributed by atoms with Crippen LogP contribution in [0.15, 0.2) is 36.0 Å². The van der Waals surface area contributed by atoms with Crippen molar-refractivity contribution < 1.29 is 4.74 Å². The maximum absolute atomic E-state index is 5.36. The molecule has 0 aromatic heterocycles. The minimum absolute atomic E-state index is 0.832. The molecule has 1 aliphatic rings. The molecule has 3 heteroatoms. The fourth-order valence-corrected chi connectivity index (χ4v) is 1.90. The van der Waals surface area contributed by atoms with E-state index >= 15 is 0 Å². The smallest absolute Gasteiger partial charge is 0.0642 e. The Morgan fingerprint density at radius 1 is 1.28 bits per heavy atom. The van der Waals surface area contributed by atoms with Crippen molar-refractivity contribution in [3.63, 3.8) is 0 Å². The first-order chi connectivity index (χ1) is 8.79. The van der Waals surface area contributed by atoms with Gasteiger partial charge in [0.05, 0.1) is 13.2 Å². The van der Waals surface area contributed by atoms with Crippen molar-refractivity contribution in [1.82, 2.24) is 0 Å². The van der Waals surface area contributed by atoms with E-state index in [1.165, 1.54) is 11.3 Å². The molecule has 1 aromatic rings. The highest BCUT2D eigenvalue weighted by Gasteiger charge is 2.10. The molecule has 0 spiro atoms. The number of rotatable bonds is 4. The van der Waals surface area contributed by atoms with Crippen LogP contribution in [-0.4, -0.2) is 26.3 Å². The van der Waals surface area contributed by atoms with Gasteiger partial charge in [0.2, 0.25) is 0 Å². The molecule has 1 aliphatic heterocycles. The molecule has 1 heterocycles. The quantitative estimate of drug-likeness (QED) is 0.882. The van der Waals surface area contributed by atoms with E-state index in [9.17, 15) is 0 Å². The zero-order valence-corrected chi connectivity index (χ0v) is 11.3. The lowest BCUT2D eigenvalue weighted by atomic mass is 10.2. The van der Waals surface area contributed by atoms with E-state index < -0.39 is 0 Å². The van der Waals surface area contributed by atoms with Crippen molar-refractivity contribution in [3.05, 3.63) is 36.0 Å². The Kier molecular flexibility index (Phi) is 4.65. The Balaban J connectivity index is 1.96. The summed E-state index contributed by atoms with van der Waals surface area (Å²) in [6.45, 7) is 7.93. The average molecular weight is 246 g/mol. The number of morpholine rings is 1. The van der Waals surface area contributed by atoms with Crippen LogP contribution in [0.3, 0.4) is 0 Å². The number of nitrogens with one attached hydrogen (secondary N) is 1. The second kappa shape index (κ2) is 6.45. The second-order valence-electron chi connectivity index (χ2n) is 4.63. The van der Waals surface area contributed by atoms with Gasteiger partial charge >= 0.3 is 0 Å². The summed E-state index contributed by atoms with van der Waals surface area (Å²) in [5.41, 5.74) is 3.77. The summed E-state index contributed by atoms with van der Waals surface area (Å²) in [7, 11) is 0. The minimum atomic E-state index is 0.832. The predicted molar refractivity (Wildman–Crippen MR) is 77.1 cm³/mol. The van der Waals surface area contributed by atoms with Crippen LogP contribution in [0.2, 0.25) is 0 Å². The number of ether oxygens (including phenoxy) is 1. The molecule has 1 N–H and O–H groups in total. The normalized spacial score (nSPS) is 16.8. The van der Waals surface area contributed by atoms with Gasteiger partial charge in [0.15, 0.2) is 0 Å². The van der Waals surface area contributed by atoms with E-state index in [2.05, 4.69) is 54.5 Å². The zero-order valence-electron chi connectivity index (χ0n) is 11.3. The largest absolute Gasteiger partial charge is 0.378 e. The van der Waals surface area contributed by atoms with Gasteiger partial charge in [0.25, 0.3) is 0 Å². The van der Waals surface area contributed by atoms with Crippen LogP contribution in [0, 0.1) is 0 Å². The summed E-state index contributed by atoms with van der Waals surface area (Å²) in [6.07, 6.45) is 3.16. The van der Waals surface area contributed by atoms with Crippen molar-refractivity contribution in [2.24, 2.45) is 0 Å². The summed E-state index contributed by atoms with van der Waals surface area (Å²) in [5.74, 6) is 0. The van der Waals surface area contributed by atoms with Crippen molar-refractivity contribution in [1.29, 1.82) is 0 Å². The SMILES string of the molecule is CCC(C)=CNc1ccc(N2CCOCC2)cc1. The standard InChI is InChI=1S/C15H22N2O/c1-3-13(2)12-16-14-4-6-15(7-5-14)17-8-10-18-11-9-17/h4-7,12,16H,3,8-11H2,1-2H3. The Labute approximate surface area is 109 Å². The minimum Gasteiger partial charge on any atom is -0.378 e. The highest BCUT2D eigenvalue weighted by molar-refractivity contribution is 5.56. The molecule has 0 atom stereocenters. The molecule has 0 unspecified atom stereocenters. The lowest BCUT2D eigenvalue weighted by Crippen LogP contribution is -2.36. The molecule has 3 nitrogen and oxygen atoms in total. The van der Waals surface area contributed by atoms with Gasteiger partial charge in [-0.1, -0.05) is 12.5 Å². The maximum Gasteiger partial charge on any atom is 0.0642 e.